The van der Waals surface area contributed by atoms with E-state index in [2.05, 4.69) is 26.0 Å². The molecule has 1 aromatic rings. The highest BCUT2D eigenvalue weighted by molar-refractivity contribution is 5.94. The van der Waals surface area contributed by atoms with Crippen molar-refractivity contribution in [1.82, 2.24) is 4.90 Å². The Labute approximate surface area is 114 Å². The van der Waals surface area contributed by atoms with Crippen molar-refractivity contribution in [2.24, 2.45) is 5.73 Å². The van der Waals surface area contributed by atoms with Crippen molar-refractivity contribution in [2.75, 3.05) is 18.0 Å². The number of carbonyl (C=O) groups is 1. The lowest BCUT2D eigenvalue weighted by molar-refractivity contribution is 0.209. The summed E-state index contributed by atoms with van der Waals surface area (Å²) in [6.07, 6.45) is 2.13. The zero-order chi connectivity index (χ0) is 13.6. The lowest BCUT2D eigenvalue weighted by Gasteiger charge is -2.22. The first kappa shape index (κ1) is 12.5. The molecule has 102 valence electrons. The van der Waals surface area contributed by atoms with Gasteiger partial charge in [-0.1, -0.05) is 12.1 Å². The van der Waals surface area contributed by atoms with Gasteiger partial charge in [0.1, 0.15) is 0 Å². The first-order valence-electron chi connectivity index (χ1n) is 6.99. The van der Waals surface area contributed by atoms with E-state index in [1.54, 1.807) is 0 Å². The minimum absolute atomic E-state index is 0.0997. The van der Waals surface area contributed by atoms with Crippen LogP contribution in [0, 0.1) is 0 Å². The Hall–Kier alpha value is -1.55. The topological polar surface area (TPSA) is 49.6 Å². The molecule has 4 heteroatoms. The fraction of sp³-hybridized carbons (Fsp3) is 0.533. The van der Waals surface area contributed by atoms with E-state index in [0.717, 1.165) is 31.6 Å². The monoisotopic (exact) mass is 259 g/mol. The molecule has 1 saturated carbocycles. The summed E-state index contributed by atoms with van der Waals surface area (Å²) in [6, 6.07) is 8.53. The number of amides is 2. The van der Waals surface area contributed by atoms with Gasteiger partial charge in [0.15, 0.2) is 0 Å². The third kappa shape index (κ3) is 2.10. The zero-order valence-electron chi connectivity index (χ0n) is 11.6. The van der Waals surface area contributed by atoms with Crippen molar-refractivity contribution in [3.63, 3.8) is 0 Å². The standard InChI is InChI=1S/C15H21N3O/c1-11(2)17-9-10-18(14(17)19)13-5-3-12(4-6-13)15(16)7-8-15/h3-6,11H,7-10,16H2,1-2H3. The van der Waals surface area contributed by atoms with Crippen LogP contribution in [-0.2, 0) is 5.54 Å². The van der Waals surface area contributed by atoms with Crippen molar-refractivity contribution in [3.05, 3.63) is 29.8 Å². The van der Waals surface area contributed by atoms with Gasteiger partial charge in [-0.3, -0.25) is 4.90 Å². The number of benzene rings is 1. The van der Waals surface area contributed by atoms with Gasteiger partial charge in [0.25, 0.3) is 0 Å². The second-order valence-corrected chi connectivity index (χ2v) is 5.92. The van der Waals surface area contributed by atoms with Crippen molar-refractivity contribution < 1.29 is 4.79 Å². The van der Waals surface area contributed by atoms with Crippen LogP contribution in [0.25, 0.3) is 0 Å². The normalized spacial score (nSPS) is 21.4. The molecule has 1 saturated heterocycles. The highest BCUT2D eigenvalue weighted by atomic mass is 16.2. The third-order valence-corrected chi connectivity index (χ3v) is 4.21. The summed E-state index contributed by atoms with van der Waals surface area (Å²) in [6.45, 7) is 5.68. The molecule has 0 atom stereocenters. The van der Waals surface area contributed by atoms with Crippen LogP contribution in [0.1, 0.15) is 32.3 Å². The molecule has 2 N–H and O–H groups in total. The molecular formula is C15H21N3O. The molecule has 3 rings (SSSR count). The molecule has 4 nitrogen and oxygen atoms in total. The molecule has 1 aliphatic carbocycles. The van der Waals surface area contributed by atoms with Crippen LogP contribution in [0.4, 0.5) is 10.5 Å². The van der Waals surface area contributed by atoms with E-state index >= 15 is 0 Å². The largest absolute Gasteiger partial charge is 0.324 e. The summed E-state index contributed by atoms with van der Waals surface area (Å²) >= 11 is 0. The predicted octanol–water partition coefficient (Wildman–Crippen LogP) is 2.28. The smallest absolute Gasteiger partial charge is 0.321 e. The Balaban J connectivity index is 1.78. The number of hydrogen-bond acceptors (Lipinski definition) is 2. The van der Waals surface area contributed by atoms with Gasteiger partial charge in [0.2, 0.25) is 0 Å². The van der Waals surface area contributed by atoms with E-state index in [1.165, 1.54) is 5.56 Å². The van der Waals surface area contributed by atoms with E-state index < -0.39 is 0 Å². The molecule has 2 amide bonds. The van der Waals surface area contributed by atoms with E-state index in [9.17, 15) is 4.79 Å². The van der Waals surface area contributed by atoms with E-state index in [4.69, 9.17) is 5.73 Å². The van der Waals surface area contributed by atoms with Gasteiger partial charge in [-0.15, -0.1) is 0 Å². The Morgan fingerprint density at radius 1 is 1.16 bits per heavy atom. The third-order valence-electron chi connectivity index (χ3n) is 4.21. The first-order chi connectivity index (χ1) is 9.01. The number of nitrogens with two attached hydrogens (primary N) is 1. The molecule has 19 heavy (non-hydrogen) atoms. The number of urea groups is 1. The quantitative estimate of drug-likeness (QED) is 0.905. The SMILES string of the molecule is CC(C)N1CCN(c2ccc(C3(N)CC3)cc2)C1=O. The van der Waals surface area contributed by atoms with E-state index in [0.29, 0.717) is 0 Å². The maximum Gasteiger partial charge on any atom is 0.324 e. The number of anilines is 1. The maximum absolute atomic E-state index is 12.3. The molecule has 0 bridgehead atoms. The van der Waals surface area contributed by atoms with Crippen molar-refractivity contribution in [1.29, 1.82) is 0 Å². The highest BCUT2D eigenvalue weighted by Gasteiger charge is 2.40. The molecule has 1 heterocycles. The molecule has 1 aliphatic heterocycles. The van der Waals surface area contributed by atoms with Crippen LogP contribution >= 0.6 is 0 Å². The molecule has 0 spiro atoms. The first-order valence-corrected chi connectivity index (χ1v) is 6.99. The summed E-state index contributed by atoms with van der Waals surface area (Å²) in [4.78, 5) is 16.0. The summed E-state index contributed by atoms with van der Waals surface area (Å²) in [7, 11) is 0. The summed E-state index contributed by atoms with van der Waals surface area (Å²) in [5.41, 5.74) is 8.23. The molecule has 0 radical (unpaired) electrons. The van der Waals surface area contributed by atoms with Gasteiger partial charge in [0, 0.05) is 30.4 Å². The second kappa shape index (κ2) is 4.23. The van der Waals surface area contributed by atoms with Crippen molar-refractivity contribution >= 4 is 11.7 Å². The van der Waals surface area contributed by atoms with Crippen LogP contribution in [-0.4, -0.2) is 30.1 Å². The van der Waals surface area contributed by atoms with Gasteiger partial charge in [-0.2, -0.15) is 0 Å². The number of hydrogen-bond donors (Lipinski definition) is 1. The van der Waals surface area contributed by atoms with Gasteiger partial charge in [-0.25, -0.2) is 4.79 Å². The summed E-state index contributed by atoms with van der Waals surface area (Å²) in [5, 5.41) is 0. The number of nitrogens with zero attached hydrogens (tertiary/aromatic N) is 2. The molecule has 0 unspecified atom stereocenters. The van der Waals surface area contributed by atoms with Crippen molar-refractivity contribution in [3.8, 4) is 0 Å². The maximum atomic E-state index is 12.3. The average Bonchev–Trinajstić information content (AvgIpc) is 3.01. The van der Waals surface area contributed by atoms with E-state index in [1.807, 2.05) is 21.9 Å². The molecular weight excluding hydrogens is 238 g/mol. The minimum Gasteiger partial charge on any atom is -0.321 e. The van der Waals surface area contributed by atoms with Gasteiger partial charge in [-0.05, 0) is 44.4 Å². The summed E-state index contributed by atoms with van der Waals surface area (Å²) in [5.74, 6) is 0. The van der Waals surface area contributed by atoms with Gasteiger partial charge >= 0.3 is 6.03 Å². The predicted molar refractivity (Wildman–Crippen MR) is 76.1 cm³/mol. The summed E-state index contributed by atoms with van der Waals surface area (Å²) < 4.78 is 0. The highest BCUT2D eigenvalue weighted by Crippen LogP contribution is 2.43. The number of rotatable bonds is 3. The molecule has 2 fully saturated rings. The van der Waals surface area contributed by atoms with Gasteiger partial charge < -0.3 is 10.6 Å². The zero-order valence-corrected chi connectivity index (χ0v) is 11.6. The molecule has 1 aromatic carbocycles. The lowest BCUT2D eigenvalue weighted by atomic mass is 10.1. The van der Waals surface area contributed by atoms with Crippen LogP contribution < -0.4 is 10.6 Å². The molecule has 2 aliphatic rings. The molecule has 0 aromatic heterocycles. The number of carbonyl (C=O) groups excluding carboxylic acids is 1. The second-order valence-electron chi connectivity index (χ2n) is 5.92. The minimum atomic E-state index is -0.0997. The van der Waals surface area contributed by atoms with Crippen LogP contribution in [0.3, 0.4) is 0 Å². The van der Waals surface area contributed by atoms with Crippen LogP contribution in [0.5, 0.6) is 0 Å². The average molecular weight is 259 g/mol. The Bertz CT molecular complexity index is 491. The van der Waals surface area contributed by atoms with Crippen molar-refractivity contribution in [2.45, 2.75) is 38.3 Å². The Morgan fingerprint density at radius 2 is 1.79 bits per heavy atom. The fourth-order valence-corrected chi connectivity index (χ4v) is 2.67. The van der Waals surface area contributed by atoms with Crippen LogP contribution in [0.15, 0.2) is 24.3 Å². The Kier molecular flexibility index (Phi) is 2.78. The van der Waals surface area contributed by atoms with Gasteiger partial charge in [0.05, 0.1) is 0 Å². The lowest BCUT2D eigenvalue weighted by Crippen LogP contribution is -2.36. The fourth-order valence-electron chi connectivity index (χ4n) is 2.67. The van der Waals surface area contributed by atoms with E-state index in [-0.39, 0.29) is 17.6 Å². The Morgan fingerprint density at radius 3 is 2.26 bits per heavy atom. The van der Waals surface area contributed by atoms with Crippen LogP contribution in [0.2, 0.25) is 0 Å².